The fraction of sp³-hybridized carbons (Fsp3) is 0.294. The molecule has 0 aliphatic carbocycles. The van der Waals surface area contributed by atoms with Gasteiger partial charge in [0.25, 0.3) is 0 Å². The number of aryl methyl sites for hydroxylation is 2. The maximum absolute atomic E-state index is 5.97. The second kappa shape index (κ2) is 6.36. The molecule has 2 aromatic carbocycles. The smallest absolute Gasteiger partial charge is 0.0210 e. The molecule has 2 rings (SSSR count). The van der Waals surface area contributed by atoms with Gasteiger partial charge in [0.2, 0.25) is 0 Å². The zero-order valence-electron chi connectivity index (χ0n) is 11.5. The fourth-order valence-electron chi connectivity index (χ4n) is 2.34. The van der Waals surface area contributed by atoms with E-state index in [2.05, 4.69) is 66.2 Å². The number of halogens is 1. The molecule has 0 aromatic heterocycles. The number of hydrogen-bond donors (Lipinski definition) is 1. The molecule has 0 amide bonds. The second-order valence-electron chi connectivity index (χ2n) is 5.08. The SMILES string of the molecule is Cc1ccc(CC(CN)c2ccccc2Br)cc1C. The Kier molecular flexibility index (Phi) is 4.78. The molecule has 0 fully saturated rings. The van der Waals surface area contributed by atoms with Crippen LogP contribution in [0.15, 0.2) is 46.9 Å². The monoisotopic (exact) mass is 317 g/mol. The first-order chi connectivity index (χ1) is 9.11. The van der Waals surface area contributed by atoms with E-state index in [1.165, 1.54) is 22.3 Å². The van der Waals surface area contributed by atoms with Crippen LogP contribution in [0.2, 0.25) is 0 Å². The van der Waals surface area contributed by atoms with Gasteiger partial charge in [-0.1, -0.05) is 52.3 Å². The van der Waals surface area contributed by atoms with Crippen molar-refractivity contribution in [1.82, 2.24) is 0 Å². The number of benzene rings is 2. The van der Waals surface area contributed by atoms with E-state index in [9.17, 15) is 0 Å². The molecule has 2 N–H and O–H groups in total. The van der Waals surface area contributed by atoms with E-state index < -0.39 is 0 Å². The average molecular weight is 318 g/mol. The Hall–Kier alpha value is -1.12. The van der Waals surface area contributed by atoms with Crippen molar-refractivity contribution in [3.63, 3.8) is 0 Å². The lowest BCUT2D eigenvalue weighted by atomic mass is 9.91. The van der Waals surface area contributed by atoms with Gasteiger partial charge in [0.1, 0.15) is 0 Å². The van der Waals surface area contributed by atoms with Crippen LogP contribution in [0.25, 0.3) is 0 Å². The molecule has 0 heterocycles. The molecular formula is C17H20BrN. The Morgan fingerprint density at radius 2 is 1.79 bits per heavy atom. The minimum Gasteiger partial charge on any atom is -0.330 e. The Labute approximate surface area is 124 Å². The molecule has 0 spiro atoms. The lowest BCUT2D eigenvalue weighted by molar-refractivity contribution is 0.691. The van der Waals surface area contributed by atoms with Crippen molar-refractivity contribution in [2.24, 2.45) is 5.73 Å². The third kappa shape index (κ3) is 3.46. The largest absolute Gasteiger partial charge is 0.330 e. The summed E-state index contributed by atoms with van der Waals surface area (Å²) in [6.45, 7) is 4.97. The second-order valence-corrected chi connectivity index (χ2v) is 5.93. The zero-order chi connectivity index (χ0) is 13.8. The molecule has 100 valence electrons. The minimum absolute atomic E-state index is 0.359. The molecule has 1 unspecified atom stereocenters. The van der Waals surface area contributed by atoms with Crippen molar-refractivity contribution < 1.29 is 0 Å². The van der Waals surface area contributed by atoms with Gasteiger partial charge in [-0.2, -0.15) is 0 Å². The van der Waals surface area contributed by atoms with Crippen LogP contribution >= 0.6 is 15.9 Å². The topological polar surface area (TPSA) is 26.0 Å². The van der Waals surface area contributed by atoms with E-state index in [1.807, 2.05) is 6.07 Å². The number of nitrogens with two attached hydrogens (primary N) is 1. The highest BCUT2D eigenvalue weighted by Crippen LogP contribution is 2.27. The van der Waals surface area contributed by atoms with Crippen molar-refractivity contribution in [1.29, 1.82) is 0 Å². The molecular weight excluding hydrogens is 298 g/mol. The van der Waals surface area contributed by atoms with Crippen LogP contribution in [0.4, 0.5) is 0 Å². The summed E-state index contributed by atoms with van der Waals surface area (Å²) < 4.78 is 1.15. The van der Waals surface area contributed by atoms with E-state index in [4.69, 9.17) is 5.73 Å². The van der Waals surface area contributed by atoms with Crippen LogP contribution in [0, 0.1) is 13.8 Å². The molecule has 0 saturated heterocycles. The highest BCUT2D eigenvalue weighted by molar-refractivity contribution is 9.10. The van der Waals surface area contributed by atoms with E-state index in [-0.39, 0.29) is 0 Å². The van der Waals surface area contributed by atoms with Gasteiger partial charge in [-0.25, -0.2) is 0 Å². The predicted octanol–water partition coefficient (Wildman–Crippen LogP) is 4.35. The summed E-state index contributed by atoms with van der Waals surface area (Å²) in [6.07, 6.45) is 0.986. The first kappa shape index (κ1) is 14.3. The molecule has 1 nitrogen and oxygen atoms in total. The lowest BCUT2D eigenvalue weighted by Gasteiger charge is -2.17. The Morgan fingerprint density at radius 1 is 1.05 bits per heavy atom. The van der Waals surface area contributed by atoms with Crippen LogP contribution in [0.1, 0.15) is 28.2 Å². The Balaban J connectivity index is 2.24. The van der Waals surface area contributed by atoms with Gasteiger partial charge in [0.15, 0.2) is 0 Å². The van der Waals surface area contributed by atoms with E-state index in [0.717, 1.165) is 10.9 Å². The summed E-state index contributed by atoms with van der Waals surface area (Å²) in [7, 11) is 0. The van der Waals surface area contributed by atoms with E-state index in [1.54, 1.807) is 0 Å². The number of rotatable bonds is 4. The van der Waals surface area contributed by atoms with Gasteiger partial charge >= 0.3 is 0 Å². The summed E-state index contributed by atoms with van der Waals surface area (Å²) in [5.74, 6) is 0.359. The summed E-state index contributed by atoms with van der Waals surface area (Å²) in [5, 5.41) is 0. The van der Waals surface area contributed by atoms with E-state index in [0.29, 0.717) is 12.5 Å². The standard InChI is InChI=1S/C17H20BrN/c1-12-7-8-14(9-13(12)2)10-15(11-19)16-5-3-4-6-17(16)18/h3-9,15H,10-11,19H2,1-2H3. The summed E-state index contributed by atoms with van der Waals surface area (Å²) in [6, 6.07) is 15.0. The summed E-state index contributed by atoms with van der Waals surface area (Å²) >= 11 is 3.62. The van der Waals surface area contributed by atoms with Crippen molar-refractivity contribution in [2.45, 2.75) is 26.2 Å². The first-order valence-corrected chi connectivity index (χ1v) is 7.41. The van der Waals surface area contributed by atoms with Crippen LogP contribution < -0.4 is 5.73 Å². The molecule has 0 bridgehead atoms. The first-order valence-electron chi connectivity index (χ1n) is 6.62. The van der Waals surface area contributed by atoms with Gasteiger partial charge in [0.05, 0.1) is 0 Å². The van der Waals surface area contributed by atoms with Crippen molar-refractivity contribution in [2.75, 3.05) is 6.54 Å². The predicted molar refractivity (Wildman–Crippen MR) is 85.6 cm³/mol. The molecule has 2 heteroatoms. The molecule has 2 aromatic rings. The third-order valence-electron chi connectivity index (χ3n) is 3.68. The highest BCUT2D eigenvalue weighted by Gasteiger charge is 2.13. The molecule has 1 atom stereocenters. The molecule has 0 aliphatic rings. The highest BCUT2D eigenvalue weighted by atomic mass is 79.9. The van der Waals surface area contributed by atoms with Crippen LogP contribution in [-0.2, 0) is 6.42 Å². The summed E-state index contributed by atoms with van der Waals surface area (Å²) in [5.41, 5.74) is 11.3. The maximum Gasteiger partial charge on any atom is 0.0210 e. The third-order valence-corrected chi connectivity index (χ3v) is 4.41. The molecule has 0 radical (unpaired) electrons. The Bertz CT molecular complexity index is 563. The average Bonchev–Trinajstić information content (AvgIpc) is 2.41. The van der Waals surface area contributed by atoms with Crippen molar-refractivity contribution in [3.05, 3.63) is 69.2 Å². The molecule has 0 aliphatic heterocycles. The van der Waals surface area contributed by atoms with Crippen LogP contribution in [0.5, 0.6) is 0 Å². The molecule has 19 heavy (non-hydrogen) atoms. The van der Waals surface area contributed by atoms with Gasteiger partial charge in [-0.05, 0) is 55.1 Å². The maximum atomic E-state index is 5.97. The quantitative estimate of drug-likeness (QED) is 0.891. The Morgan fingerprint density at radius 3 is 2.42 bits per heavy atom. The van der Waals surface area contributed by atoms with Gasteiger partial charge in [-0.3, -0.25) is 0 Å². The van der Waals surface area contributed by atoms with Crippen LogP contribution in [-0.4, -0.2) is 6.54 Å². The van der Waals surface area contributed by atoms with Crippen LogP contribution in [0.3, 0.4) is 0 Å². The normalized spacial score (nSPS) is 12.4. The lowest BCUT2D eigenvalue weighted by Crippen LogP contribution is -2.15. The fourth-order valence-corrected chi connectivity index (χ4v) is 2.95. The zero-order valence-corrected chi connectivity index (χ0v) is 13.1. The van der Waals surface area contributed by atoms with Crippen molar-refractivity contribution in [3.8, 4) is 0 Å². The molecule has 0 saturated carbocycles. The van der Waals surface area contributed by atoms with Gasteiger partial charge < -0.3 is 5.73 Å². The number of hydrogen-bond acceptors (Lipinski definition) is 1. The summed E-state index contributed by atoms with van der Waals surface area (Å²) in [4.78, 5) is 0. The van der Waals surface area contributed by atoms with E-state index >= 15 is 0 Å². The van der Waals surface area contributed by atoms with Gasteiger partial charge in [-0.15, -0.1) is 0 Å². The van der Waals surface area contributed by atoms with Crippen molar-refractivity contribution >= 4 is 15.9 Å². The van der Waals surface area contributed by atoms with Gasteiger partial charge in [0, 0.05) is 10.4 Å². The minimum atomic E-state index is 0.359.